The minimum Gasteiger partial charge on any atom is -0.497 e. The highest BCUT2D eigenvalue weighted by Gasteiger charge is 2.12. The average Bonchev–Trinajstić information content (AvgIpc) is 3.07. The fourth-order valence-electron chi connectivity index (χ4n) is 3.22. The highest BCUT2D eigenvalue weighted by atomic mass is 16.5. The number of ether oxygens (including phenoxy) is 2. The molecule has 0 saturated heterocycles. The number of fused-ring (bicyclic) bond motifs is 1. The van der Waals surface area contributed by atoms with E-state index in [1.165, 1.54) is 5.56 Å². The van der Waals surface area contributed by atoms with E-state index >= 15 is 0 Å². The van der Waals surface area contributed by atoms with E-state index in [-0.39, 0.29) is 0 Å². The molecule has 0 fully saturated rings. The van der Waals surface area contributed by atoms with Crippen molar-refractivity contribution < 1.29 is 9.47 Å². The van der Waals surface area contributed by atoms with Crippen molar-refractivity contribution in [2.75, 3.05) is 13.7 Å². The molecule has 4 heteroatoms. The molecule has 0 aliphatic heterocycles. The zero-order valence-electron chi connectivity index (χ0n) is 15.6. The predicted molar refractivity (Wildman–Crippen MR) is 108 cm³/mol. The lowest BCUT2D eigenvalue weighted by Crippen LogP contribution is -2.09. The van der Waals surface area contributed by atoms with Crippen LogP contribution in [0.25, 0.3) is 22.4 Å². The second-order valence-electron chi connectivity index (χ2n) is 6.47. The number of aromatic nitrogens is 2. The van der Waals surface area contributed by atoms with Crippen LogP contribution in [-0.2, 0) is 6.54 Å². The minimum atomic E-state index is 0.576. The van der Waals surface area contributed by atoms with Crippen molar-refractivity contribution in [2.45, 2.75) is 13.5 Å². The number of nitrogens with zero attached hydrogens (tertiary/aromatic N) is 2. The van der Waals surface area contributed by atoms with Crippen molar-refractivity contribution in [1.82, 2.24) is 9.55 Å². The van der Waals surface area contributed by atoms with Crippen molar-refractivity contribution in [3.63, 3.8) is 0 Å². The summed E-state index contributed by atoms with van der Waals surface area (Å²) in [6.45, 7) is 3.36. The zero-order chi connectivity index (χ0) is 18.6. The summed E-state index contributed by atoms with van der Waals surface area (Å²) in [5, 5.41) is 0. The highest BCUT2D eigenvalue weighted by molar-refractivity contribution is 5.80. The molecule has 0 aliphatic carbocycles. The molecule has 3 aromatic carbocycles. The fourth-order valence-corrected chi connectivity index (χ4v) is 3.22. The van der Waals surface area contributed by atoms with E-state index in [0.29, 0.717) is 6.61 Å². The van der Waals surface area contributed by atoms with Crippen LogP contribution in [0.4, 0.5) is 0 Å². The van der Waals surface area contributed by atoms with Gasteiger partial charge in [-0.15, -0.1) is 0 Å². The highest BCUT2D eigenvalue weighted by Crippen LogP contribution is 2.26. The van der Waals surface area contributed by atoms with Crippen LogP contribution in [-0.4, -0.2) is 23.3 Å². The van der Waals surface area contributed by atoms with Crippen LogP contribution < -0.4 is 9.47 Å². The topological polar surface area (TPSA) is 36.3 Å². The molecule has 0 radical (unpaired) electrons. The van der Waals surface area contributed by atoms with Gasteiger partial charge in [0.2, 0.25) is 0 Å². The molecule has 0 unspecified atom stereocenters. The van der Waals surface area contributed by atoms with Crippen molar-refractivity contribution in [3.05, 3.63) is 78.4 Å². The lowest BCUT2D eigenvalue weighted by molar-refractivity contribution is 0.300. The second-order valence-corrected chi connectivity index (χ2v) is 6.47. The Balaban J connectivity index is 1.63. The number of methoxy groups -OCH3 is 1. The molecule has 4 aromatic rings. The Bertz CT molecular complexity index is 1050. The van der Waals surface area contributed by atoms with Crippen LogP contribution in [0, 0.1) is 6.92 Å². The van der Waals surface area contributed by atoms with Gasteiger partial charge < -0.3 is 14.0 Å². The first kappa shape index (κ1) is 17.2. The SMILES string of the molecule is COc1ccc(-c2nc3ccccc3n2CCOc2cccc(C)c2)cc1. The van der Waals surface area contributed by atoms with Crippen molar-refractivity contribution in [3.8, 4) is 22.9 Å². The maximum absolute atomic E-state index is 5.97. The van der Waals surface area contributed by atoms with Gasteiger partial charge in [-0.2, -0.15) is 0 Å². The molecule has 0 atom stereocenters. The average molecular weight is 358 g/mol. The van der Waals surface area contributed by atoms with Gasteiger partial charge in [0.1, 0.15) is 23.9 Å². The van der Waals surface area contributed by atoms with Crippen molar-refractivity contribution in [1.29, 1.82) is 0 Å². The summed E-state index contributed by atoms with van der Waals surface area (Å²) in [7, 11) is 1.67. The number of hydrogen-bond acceptors (Lipinski definition) is 3. The Morgan fingerprint density at radius 2 is 1.70 bits per heavy atom. The van der Waals surface area contributed by atoms with Gasteiger partial charge in [-0.3, -0.25) is 0 Å². The first-order valence-corrected chi connectivity index (χ1v) is 9.04. The van der Waals surface area contributed by atoms with Gasteiger partial charge in [0.15, 0.2) is 0 Å². The molecule has 4 rings (SSSR count). The Morgan fingerprint density at radius 1 is 0.889 bits per heavy atom. The van der Waals surface area contributed by atoms with E-state index < -0.39 is 0 Å². The van der Waals surface area contributed by atoms with Gasteiger partial charge >= 0.3 is 0 Å². The van der Waals surface area contributed by atoms with Gasteiger partial charge in [0.05, 0.1) is 24.7 Å². The maximum atomic E-state index is 5.97. The van der Waals surface area contributed by atoms with E-state index in [1.54, 1.807) is 7.11 Å². The maximum Gasteiger partial charge on any atom is 0.141 e. The first-order chi connectivity index (χ1) is 13.2. The fraction of sp³-hybridized carbons (Fsp3) is 0.174. The van der Waals surface area contributed by atoms with E-state index in [1.807, 2.05) is 54.6 Å². The third-order valence-corrected chi connectivity index (χ3v) is 4.58. The van der Waals surface area contributed by atoms with Crippen LogP contribution in [0.15, 0.2) is 72.8 Å². The van der Waals surface area contributed by atoms with E-state index in [0.717, 1.165) is 40.5 Å². The lowest BCUT2D eigenvalue weighted by atomic mass is 10.2. The van der Waals surface area contributed by atoms with Gasteiger partial charge in [-0.25, -0.2) is 4.98 Å². The number of imidazole rings is 1. The molecule has 1 heterocycles. The van der Waals surface area contributed by atoms with Crippen LogP contribution in [0.5, 0.6) is 11.5 Å². The molecule has 0 bridgehead atoms. The Kier molecular flexibility index (Phi) is 4.79. The molecule has 0 N–H and O–H groups in total. The molecular formula is C23H22N2O2. The summed E-state index contributed by atoms with van der Waals surface area (Å²) in [4.78, 5) is 4.84. The second kappa shape index (κ2) is 7.54. The van der Waals surface area contributed by atoms with E-state index in [9.17, 15) is 0 Å². The molecule has 136 valence electrons. The molecular weight excluding hydrogens is 336 g/mol. The van der Waals surface area contributed by atoms with E-state index in [4.69, 9.17) is 14.5 Å². The molecule has 0 aliphatic rings. The number of para-hydroxylation sites is 2. The number of benzene rings is 3. The molecule has 0 saturated carbocycles. The zero-order valence-corrected chi connectivity index (χ0v) is 15.6. The van der Waals surface area contributed by atoms with E-state index in [2.05, 4.69) is 29.7 Å². The van der Waals surface area contributed by atoms with Crippen molar-refractivity contribution in [2.24, 2.45) is 0 Å². The summed E-state index contributed by atoms with van der Waals surface area (Å²) < 4.78 is 13.5. The van der Waals surface area contributed by atoms with Crippen molar-refractivity contribution >= 4 is 11.0 Å². The van der Waals surface area contributed by atoms with Gasteiger partial charge in [0.25, 0.3) is 0 Å². The lowest BCUT2D eigenvalue weighted by Gasteiger charge is -2.11. The third-order valence-electron chi connectivity index (χ3n) is 4.58. The first-order valence-electron chi connectivity index (χ1n) is 9.04. The Morgan fingerprint density at radius 3 is 2.48 bits per heavy atom. The Hall–Kier alpha value is -3.27. The van der Waals surface area contributed by atoms with Gasteiger partial charge in [-0.1, -0.05) is 24.3 Å². The summed E-state index contributed by atoms with van der Waals surface area (Å²) >= 11 is 0. The number of aryl methyl sites for hydroxylation is 1. The quantitative estimate of drug-likeness (QED) is 0.481. The molecule has 4 nitrogen and oxygen atoms in total. The molecule has 1 aromatic heterocycles. The molecule has 27 heavy (non-hydrogen) atoms. The largest absolute Gasteiger partial charge is 0.497 e. The summed E-state index contributed by atoms with van der Waals surface area (Å²) in [6, 6.07) is 24.3. The van der Waals surface area contributed by atoms with Crippen LogP contribution in [0.3, 0.4) is 0 Å². The van der Waals surface area contributed by atoms with Crippen LogP contribution >= 0.6 is 0 Å². The van der Waals surface area contributed by atoms with Crippen LogP contribution in [0.1, 0.15) is 5.56 Å². The molecule has 0 amide bonds. The minimum absolute atomic E-state index is 0.576. The number of hydrogen-bond donors (Lipinski definition) is 0. The normalized spacial score (nSPS) is 10.9. The monoisotopic (exact) mass is 358 g/mol. The standard InChI is InChI=1S/C23H22N2O2/c1-17-6-5-7-20(16-17)27-15-14-25-22-9-4-3-8-21(22)24-23(25)18-10-12-19(26-2)13-11-18/h3-13,16H,14-15H2,1-2H3. The van der Waals surface area contributed by atoms with Crippen LogP contribution in [0.2, 0.25) is 0 Å². The summed E-state index contributed by atoms with van der Waals surface area (Å²) in [6.07, 6.45) is 0. The van der Waals surface area contributed by atoms with Gasteiger partial charge in [0, 0.05) is 5.56 Å². The summed E-state index contributed by atoms with van der Waals surface area (Å²) in [5.41, 5.74) is 4.34. The predicted octanol–water partition coefficient (Wildman–Crippen LogP) is 5.10. The Labute approximate surface area is 159 Å². The third kappa shape index (κ3) is 3.65. The molecule has 0 spiro atoms. The number of rotatable bonds is 6. The van der Waals surface area contributed by atoms with Gasteiger partial charge in [-0.05, 0) is 61.0 Å². The summed E-state index contributed by atoms with van der Waals surface area (Å²) in [5.74, 6) is 2.67. The smallest absolute Gasteiger partial charge is 0.141 e.